The molecule has 0 aromatic carbocycles. The van der Waals surface area contributed by atoms with Crippen molar-refractivity contribution in [2.45, 2.75) is 12.2 Å². The Morgan fingerprint density at radius 1 is 1.57 bits per heavy atom. The van der Waals surface area contributed by atoms with Gasteiger partial charge >= 0.3 is 0 Å². The number of aryl methyl sites for hydroxylation is 1. The average Bonchev–Trinajstić information content (AvgIpc) is 2.47. The number of nitrogens with two attached hydrogens (primary N) is 1. The highest BCUT2D eigenvalue weighted by Gasteiger charge is 2.12. The molecule has 0 spiro atoms. The van der Waals surface area contributed by atoms with E-state index in [1.54, 1.807) is 24.0 Å². The van der Waals surface area contributed by atoms with E-state index in [0.29, 0.717) is 18.7 Å². The summed E-state index contributed by atoms with van der Waals surface area (Å²) in [6.45, 7) is 0.404. The monoisotopic (exact) mass is 217 g/mol. The smallest absolute Gasteiger partial charge is 0.156 e. The van der Waals surface area contributed by atoms with Crippen molar-refractivity contribution in [3.05, 3.63) is 18.0 Å². The minimum atomic E-state index is -3.04. The standard InChI is InChI=1S/C8H15N3O2S/c1-11-5-3-8(10-11)7-14(12,13)6-2-4-9/h3,5H,2,4,6-7,9H2,1H3. The van der Waals surface area contributed by atoms with Crippen LogP contribution in [0.15, 0.2) is 12.3 Å². The lowest BCUT2D eigenvalue weighted by Gasteiger charge is -2.00. The molecule has 80 valence electrons. The van der Waals surface area contributed by atoms with Gasteiger partial charge in [-0.2, -0.15) is 5.10 Å². The molecule has 0 bridgehead atoms. The molecule has 2 N–H and O–H groups in total. The summed E-state index contributed by atoms with van der Waals surface area (Å²) >= 11 is 0. The number of aromatic nitrogens is 2. The second-order valence-corrected chi connectivity index (χ2v) is 5.40. The van der Waals surface area contributed by atoms with Gasteiger partial charge in [-0.1, -0.05) is 0 Å². The van der Waals surface area contributed by atoms with Gasteiger partial charge in [-0.05, 0) is 19.0 Å². The Morgan fingerprint density at radius 2 is 2.29 bits per heavy atom. The molecule has 0 aliphatic rings. The third-order valence-electron chi connectivity index (χ3n) is 1.80. The van der Waals surface area contributed by atoms with Gasteiger partial charge in [0.05, 0.1) is 17.2 Å². The summed E-state index contributed by atoms with van der Waals surface area (Å²) in [7, 11) is -1.28. The third-order valence-corrected chi connectivity index (χ3v) is 3.44. The first-order valence-electron chi connectivity index (χ1n) is 4.42. The van der Waals surface area contributed by atoms with E-state index in [9.17, 15) is 8.42 Å². The number of rotatable bonds is 5. The van der Waals surface area contributed by atoms with Gasteiger partial charge in [0.15, 0.2) is 9.84 Å². The number of hydrogen-bond acceptors (Lipinski definition) is 4. The average molecular weight is 217 g/mol. The predicted molar refractivity (Wildman–Crippen MR) is 54.4 cm³/mol. The SMILES string of the molecule is Cn1ccc(CS(=O)(=O)CCCN)n1. The molecule has 5 nitrogen and oxygen atoms in total. The Labute approximate surface area is 83.8 Å². The molecule has 1 aromatic heterocycles. The Bertz CT molecular complexity index is 383. The zero-order valence-electron chi connectivity index (χ0n) is 8.18. The lowest BCUT2D eigenvalue weighted by Crippen LogP contribution is -2.13. The minimum Gasteiger partial charge on any atom is -0.330 e. The molecule has 1 rings (SSSR count). The van der Waals surface area contributed by atoms with Crippen LogP contribution in [0.4, 0.5) is 0 Å². The molecule has 0 saturated heterocycles. The van der Waals surface area contributed by atoms with E-state index in [1.165, 1.54) is 0 Å². The molecule has 0 unspecified atom stereocenters. The second-order valence-electron chi connectivity index (χ2n) is 3.22. The van der Waals surface area contributed by atoms with Gasteiger partial charge in [0.2, 0.25) is 0 Å². The van der Waals surface area contributed by atoms with E-state index in [4.69, 9.17) is 5.73 Å². The summed E-state index contributed by atoms with van der Waals surface area (Å²) in [5.41, 5.74) is 5.84. The van der Waals surface area contributed by atoms with Gasteiger partial charge in [-0.3, -0.25) is 4.68 Å². The van der Waals surface area contributed by atoms with Crippen molar-refractivity contribution in [2.75, 3.05) is 12.3 Å². The molecule has 14 heavy (non-hydrogen) atoms. The molecular weight excluding hydrogens is 202 g/mol. The summed E-state index contributed by atoms with van der Waals surface area (Å²) in [6.07, 6.45) is 2.24. The van der Waals surface area contributed by atoms with Gasteiger partial charge < -0.3 is 5.73 Å². The van der Waals surface area contributed by atoms with Crippen LogP contribution >= 0.6 is 0 Å². The first-order chi connectivity index (χ1) is 6.53. The van der Waals surface area contributed by atoms with Gasteiger partial charge in [-0.15, -0.1) is 0 Å². The molecule has 6 heteroatoms. The van der Waals surface area contributed by atoms with Crippen LogP contribution in [0.2, 0.25) is 0 Å². The molecule has 0 atom stereocenters. The van der Waals surface area contributed by atoms with Crippen molar-refractivity contribution in [2.24, 2.45) is 12.8 Å². The fourth-order valence-electron chi connectivity index (χ4n) is 1.14. The molecule has 0 aliphatic heterocycles. The second kappa shape index (κ2) is 4.56. The van der Waals surface area contributed by atoms with E-state index in [-0.39, 0.29) is 11.5 Å². The van der Waals surface area contributed by atoms with Crippen LogP contribution in [0.25, 0.3) is 0 Å². The Balaban J connectivity index is 2.59. The van der Waals surface area contributed by atoms with Crippen LogP contribution in [0.1, 0.15) is 12.1 Å². The number of nitrogens with zero attached hydrogens (tertiary/aromatic N) is 2. The Hall–Kier alpha value is -0.880. The first kappa shape index (κ1) is 11.2. The van der Waals surface area contributed by atoms with Crippen LogP contribution in [-0.4, -0.2) is 30.5 Å². The molecule has 0 amide bonds. The van der Waals surface area contributed by atoms with E-state index in [0.717, 1.165) is 0 Å². The zero-order valence-corrected chi connectivity index (χ0v) is 9.00. The highest BCUT2D eigenvalue weighted by atomic mass is 32.2. The summed E-state index contributed by atoms with van der Waals surface area (Å²) in [5, 5.41) is 4.01. The van der Waals surface area contributed by atoms with Crippen molar-refractivity contribution in [1.82, 2.24) is 9.78 Å². The minimum absolute atomic E-state index is 0.00778. The van der Waals surface area contributed by atoms with Crippen molar-refractivity contribution in [3.8, 4) is 0 Å². The fraction of sp³-hybridized carbons (Fsp3) is 0.625. The van der Waals surface area contributed by atoms with Gasteiger partial charge in [0.25, 0.3) is 0 Å². The van der Waals surface area contributed by atoms with E-state index < -0.39 is 9.84 Å². The highest BCUT2D eigenvalue weighted by Crippen LogP contribution is 2.04. The largest absolute Gasteiger partial charge is 0.330 e. The first-order valence-corrected chi connectivity index (χ1v) is 6.24. The van der Waals surface area contributed by atoms with Gasteiger partial charge in [0, 0.05) is 13.2 Å². The van der Waals surface area contributed by atoms with Crippen LogP contribution in [0.5, 0.6) is 0 Å². The van der Waals surface area contributed by atoms with Crippen molar-refractivity contribution < 1.29 is 8.42 Å². The van der Waals surface area contributed by atoms with Crippen LogP contribution < -0.4 is 5.73 Å². The zero-order chi connectivity index (χ0) is 10.6. The highest BCUT2D eigenvalue weighted by molar-refractivity contribution is 7.90. The molecule has 0 saturated carbocycles. The topological polar surface area (TPSA) is 78.0 Å². The summed E-state index contributed by atoms with van der Waals surface area (Å²) in [6, 6.07) is 1.71. The molecule has 0 fully saturated rings. The number of sulfone groups is 1. The van der Waals surface area contributed by atoms with Crippen LogP contribution in [-0.2, 0) is 22.6 Å². The summed E-state index contributed by atoms with van der Waals surface area (Å²) in [5.74, 6) is 0.147. The van der Waals surface area contributed by atoms with E-state index in [1.807, 2.05) is 0 Å². The molecule has 1 heterocycles. The summed E-state index contributed by atoms with van der Waals surface area (Å²) in [4.78, 5) is 0. The normalized spacial score (nSPS) is 11.9. The Kier molecular flexibility index (Phi) is 3.65. The van der Waals surface area contributed by atoms with Crippen molar-refractivity contribution in [3.63, 3.8) is 0 Å². The lowest BCUT2D eigenvalue weighted by molar-refractivity contribution is 0.591. The summed E-state index contributed by atoms with van der Waals surface area (Å²) < 4.78 is 24.5. The molecule has 1 aromatic rings. The maximum Gasteiger partial charge on any atom is 0.156 e. The molecule has 0 radical (unpaired) electrons. The molecular formula is C8H15N3O2S. The lowest BCUT2D eigenvalue weighted by atomic mass is 10.5. The van der Waals surface area contributed by atoms with Crippen LogP contribution in [0, 0.1) is 0 Å². The van der Waals surface area contributed by atoms with E-state index >= 15 is 0 Å². The predicted octanol–water partition coefficient (Wildman–Crippen LogP) is -0.316. The third kappa shape index (κ3) is 3.47. The van der Waals surface area contributed by atoms with Crippen molar-refractivity contribution in [1.29, 1.82) is 0 Å². The van der Waals surface area contributed by atoms with E-state index in [2.05, 4.69) is 5.10 Å². The number of hydrogen-bond donors (Lipinski definition) is 1. The Morgan fingerprint density at radius 3 is 2.79 bits per heavy atom. The maximum absolute atomic E-state index is 11.5. The fourth-order valence-corrected chi connectivity index (χ4v) is 2.50. The van der Waals surface area contributed by atoms with Crippen molar-refractivity contribution >= 4 is 9.84 Å². The van der Waals surface area contributed by atoms with Gasteiger partial charge in [0.1, 0.15) is 0 Å². The maximum atomic E-state index is 11.5. The quantitative estimate of drug-likeness (QED) is 0.733. The molecule has 0 aliphatic carbocycles. The van der Waals surface area contributed by atoms with Gasteiger partial charge in [-0.25, -0.2) is 8.42 Å². The van der Waals surface area contributed by atoms with Crippen LogP contribution in [0.3, 0.4) is 0 Å².